The Kier molecular flexibility index (Phi) is 7.80. The van der Waals surface area contributed by atoms with E-state index in [-0.39, 0.29) is 0 Å². The molecule has 1 saturated heterocycles. The van der Waals surface area contributed by atoms with Crippen LogP contribution in [0.3, 0.4) is 0 Å². The minimum Gasteiger partial charge on any atom is -0.381 e. The molecule has 0 aliphatic carbocycles. The minimum absolute atomic E-state index is 0.502. The number of nitrogens with zero attached hydrogens (tertiary/aromatic N) is 4. The van der Waals surface area contributed by atoms with Gasteiger partial charge in [-0.15, -0.1) is 11.3 Å². The van der Waals surface area contributed by atoms with Crippen LogP contribution < -0.4 is 10.2 Å². The number of aliphatic hydroxyl groups excluding tert-OH is 1. The maximum Gasteiger partial charge on any atom is 0.132 e. The number of aliphatic hydroxyl groups is 1. The first-order valence-corrected chi connectivity index (χ1v) is 13.8. The molecule has 1 unspecified atom stereocenters. The molecule has 182 valence electrons. The monoisotopic (exact) mass is 621 g/mol. The summed E-state index contributed by atoms with van der Waals surface area (Å²) < 4.78 is 6.43. The van der Waals surface area contributed by atoms with E-state index in [0.29, 0.717) is 22.1 Å². The van der Waals surface area contributed by atoms with Crippen molar-refractivity contribution in [3.63, 3.8) is 0 Å². The average molecular weight is 622 g/mol. The van der Waals surface area contributed by atoms with Gasteiger partial charge >= 0.3 is 0 Å². The highest BCUT2D eigenvalue weighted by atomic mass is 127. The lowest BCUT2D eigenvalue weighted by Gasteiger charge is -2.29. The molecule has 1 aliphatic rings. The zero-order chi connectivity index (χ0) is 24.4. The third kappa shape index (κ3) is 5.30. The first-order valence-electron chi connectivity index (χ1n) is 11.4. The Morgan fingerprint density at radius 3 is 2.86 bits per heavy atom. The van der Waals surface area contributed by atoms with Gasteiger partial charge in [0.1, 0.15) is 17.4 Å². The molecule has 5 rings (SSSR count). The van der Waals surface area contributed by atoms with Gasteiger partial charge in [0.2, 0.25) is 0 Å². The summed E-state index contributed by atoms with van der Waals surface area (Å²) in [5, 5.41) is 18.5. The number of halogens is 2. The van der Waals surface area contributed by atoms with E-state index < -0.39 is 6.10 Å². The molecule has 0 saturated carbocycles. The van der Waals surface area contributed by atoms with Gasteiger partial charge in [-0.25, -0.2) is 15.0 Å². The number of ether oxygens (including phenoxy) is 1. The van der Waals surface area contributed by atoms with Crippen molar-refractivity contribution in [1.29, 1.82) is 0 Å². The average Bonchev–Trinajstić information content (AvgIpc) is 3.36. The van der Waals surface area contributed by atoms with Crippen LogP contribution in [0, 0.1) is 3.57 Å². The second-order valence-corrected chi connectivity index (χ2v) is 10.7. The smallest absolute Gasteiger partial charge is 0.132 e. The van der Waals surface area contributed by atoms with E-state index in [1.54, 1.807) is 6.33 Å². The van der Waals surface area contributed by atoms with Crippen molar-refractivity contribution in [2.75, 3.05) is 37.7 Å². The second kappa shape index (κ2) is 11.0. The highest BCUT2D eigenvalue weighted by Crippen LogP contribution is 2.38. The SMILES string of the molecule is CCNCc1csc(C(O)c2cc(-c3ncnc4cc(N5CCOCC5)ccc34)c(I)cc2Cl)n1. The maximum absolute atomic E-state index is 11.2. The molecule has 2 aromatic carbocycles. The van der Waals surface area contributed by atoms with Crippen LogP contribution in [0.4, 0.5) is 5.69 Å². The van der Waals surface area contributed by atoms with E-state index in [9.17, 15) is 5.11 Å². The summed E-state index contributed by atoms with van der Waals surface area (Å²) in [6, 6.07) is 10.1. The molecule has 7 nitrogen and oxygen atoms in total. The van der Waals surface area contributed by atoms with Crippen molar-refractivity contribution >= 4 is 62.1 Å². The van der Waals surface area contributed by atoms with Gasteiger partial charge < -0.3 is 20.1 Å². The predicted octanol–water partition coefficient (Wildman–Crippen LogP) is 5.04. The topological polar surface area (TPSA) is 83.4 Å². The van der Waals surface area contributed by atoms with Crippen molar-refractivity contribution < 1.29 is 9.84 Å². The minimum atomic E-state index is -0.917. The van der Waals surface area contributed by atoms with Gasteiger partial charge in [-0.2, -0.15) is 0 Å². The van der Waals surface area contributed by atoms with Crippen LogP contribution in [0.25, 0.3) is 22.2 Å². The van der Waals surface area contributed by atoms with Gasteiger partial charge in [0.05, 0.1) is 30.1 Å². The fourth-order valence-corrected chi connectivity index (χ4v) is 6.14. The number of aromatic nitrogens is 3. The Labute approximate surface area is 226 Å². The molecule has 0 amide bonds. The Bertz CT molecular complexity index is 1340. The molecule has 1 aliphatic heterocycles. The largest absolute Gasteiger partial charge is 0.381 e. The Hall–Kier alpha value is -1.89. The van der Waals surface area contributed by atoms with Crippen LogP contribution in [0.5, 0.6) is 0 Å². The first-order chi connectivity index (χ1) is 17.0. The van der Waals surface area contributed by atoms with Crippen molar-refractivity contribution in [2.24, 2.45) is 0 Å². The van der Waals surface area contributed by atoms with Crippen molar-refractivity contribution in [1.82, 2.24) is 20.3 Å². The number of hydrogen-bond donors (Lipinski definition) is 2. The summed E-state index contributed by atoms with van der Waals surface area (Å²) in [7, 11) is 0. The van der Waals surface area contributed by atoms with E-state index in [2.05, 4.69) is 72.9 Å². The van der Waals surface area contributed by atoms with Gasteiger partial charge in [-0.05, 0) is 59.5 Å². The van der Waals surface area contributed by atoms with Crippen LogP contribution in [0.15, 0.2) is 42.0 Å². The van der Waals surface area contributed by atoms with Crippen LogP contribution >= 0.6 is 45.5 Å². The first kappa shape index (κ1) is 24.8. The number of rotatable bonds is 7. The van der Waals surface area contributed by atoms with E-state index in [4.69, 9.17) is 16.3 Å². The summed E-state index contributed by atoms with van der Waals surface area (Å²) in [4.78, 5) is 16.1. The third-order valence-electron chi connectivity index (χ3n) is 5.99. The van der Waals surface area contributed by atoms with Gasteiger partial charge in [0, 0.05) is 55.8 Å². The molecule has 10 heteroatoms. The van der Waals surface area contributed by atoms with E-state index in [1.807, 2.05) is 17.5 Å². The van der Waals surface area contributed by atoms with Crippen LogP contribution in [0.1, 0.15) is 29.3 Å². The number of benzene rings is 2. The fourth-order valence-electron chi connectivity index (χ4n) is 4.15. The number of thiazole rings is 1. The predicted molar refractivity (Wildman–Crippen MR) is 149 cm³/mol. The van der Waals surface area contributed by atoms with Gasteiger partial charge in [-0.1, -0.05) is 18.5 Å². The maximum atomic E-state index is 11.2. The van der Waals surface area contributed by atoms with Gasteiger partial charge in [-0.3, -0.25) is 0 Å². The molecule has 1 fully saturated rings. The standard InChI is InChI=1S/C25H25ClIN5O2S/c1-2-28-12-15-13-35-25(31-15)24(33)18-10-19(21(27)11-20(18)26)23-17-4-3-16(9-22(17)29-14-30-23)32-5-7-34-8-6-32/h3-4,9-11,13-14,24,28,33H,2,5-8,12H2,1H3. The zero-order valence-electron chi connectivity index (χ0n) is 19.2. The Balaban J connectivity index is 1.51. The zero-order valence-corrected chi connectivity index (χ0v) is 22.9. The number of morpholine rings is 1. The Morgan fingerprint density at radius 1 is 1.23 bits per heavy atom. The van der Waals surface area contributed by atoms with Crippen molar-refractivity contribution in [2.45, 2.75) is 19.6 Å². The van der Waals surface area contributed by atoms with Gasteiger partial charge in [0.15, 0.2) is 0 Å². The fraction of sp³-hybridized carbons (Fsp3) is 0.320. The molecule has 4 aromatic rings. The van der Waals surface area contributed by atoms with Crippen LogP contribution in [-0.4, -0.2) is 52.9 Å². The summed E-state index contributed by atoms with van der Waals surface area (Å²) in [6.07, 6.45) is 0.676. The molecule has 35 heavy (non-hydrogen) atoms. The van der Waals surface area contributed by atoms with Crippen LogP contribution in [0.2, 0.25) is 5.02 Å². The molecule has 0 spiro atoms. The number of hydrogen-bond acceptors (Lipinski definition) is 8. The molecule has 2 aromatic heterocycles. The molecule has 0 radical (unpaired) electrons. The third-order valence-corrected chi connectivity index (χ3v) is 8.16. The number of nitrogens with one attached hydrogen (secondary N) is 1. The van der Waals surface area contributed by atoms with E-state index in [1.165, 1.54) is 11.3 Å². The highest BCUT2D eigenvalue weighted by molar-refractivity contribution is 14.1. The lowest BCUT2D eigenvalue weighted by Crippen LogP contribution is -2.36. The lowest BCUT2D eigenvalue weighted by atomic mass is 10.0. The highest BCUT2D eigenvalue weighted by Gasteiger charge is 2.22. The molecular formula is C25H25ClIN5O2S. The molecule has 2 N–H and O–H groups in total. The van der Waals surface area contributed by atoms with Crippen LogP contribution in [-0.2, 0) is 11.3 Å². The quantitative estimate of drug-likeness (QED) is 0.280. The molecule has 3 heterocycles. The van der Waals surface area contributed by atoms with E-state index >= 15 is 0 Å². The van der Waals surface area contributed by atoms with Crippen molar-refractivity contribution in [3.05, 3.63) is 66.9 Å². The molecule has 0 bridgehead atoms. The lowest BCUT2D eigenvalue weighted by molar-refractivity contribution is 0.122. The van der Waals surface area contributed by atoms with E-state index in [0.717, 1.165) is 70.0 Å². The van der Waals surface area contributed by atoms with Crippen molar-refractivity contribution in [3.8, 4) is 11.3 Å². The summed E-state index contributed by atoms with van der Waals surface area (Å²) in [6.45, 7) is 6.79. The normalized spacial score (nSPS) is 15.0. The summed E-state index contributed by atoms with van der Waals surface area (Å²) in [5.74, 6) is 0. The molecule has 1 atom stereocenters. The number of anilines is 1. The van der Waals surface area contributed by atoms with Gasteiger partial charge in [0.25, 0.3) is 0 Å². The summed E-state index contributed by atoms with van der Waals surface area (Å²) >= 11 is 10.3. The second-order valence-electron chi connectivity index (χ2n) is 8.24. The Morgan fingerprint density at radius 2 is 2.06 bits per heavy atom. The summed E-state index contributed by atoms with van der Waals surface area (Å²) in [5.41, 5.74) is 5.24. The molecular weight excluding hydrogens is 597 g/mol. The number of fused-ring (bicyclic) bond motifs is 1.